The van der Waals surface area contributed by atoms with Crippen LogP contribution in [0.25, 0.3) is 0 Å². The van der Waals surface area contributed by atoms with Crippen LogP contribution in [-0.2, 0) is 10.9 Å². The highest BCUT2D eigenvalue weighted by atomic mass is 19.4. The molecule has 22 heavy (non-hydrogen) atoms. The molecule has 0 aromatic heterocycles. The molecule has 122 valence electrons. The number of hydrogen-bond donors (Lipinski definition) is 0. The predicted molar refractivity (Wildman–Crippen MR) is 78.1 cm³/mol. The summed E-state index contributed by atoms with van der Waals surface area (Å²) in [6, 6.07) is 3.61. The molecule has 3 nitrogen and oxygen atoms in total. The molecular formula is C16H20F3NO2. The summed E-state index contributed by atoms with van der Waals surface area (Å²) in [6.45, 7) is 5.75. The lowest BCUT2D eigenvalue weighted by molar-refractivity contribution is -0.137. The molecule has 0 N–H and O–H groups in total. The maximum atomic E-state index is 13.0. The van der Waals surface area contributed by atoms with Crippen LogP contribution in [0, 0.1) is 0 Å². The van der Waals surface area contributed by atoms with E-state index in [9.17, 15) is 18.0 Å². The first-order valence-electron chi connectivity index (χ1n) is 7.39. The van der Waals surface area contributed by atoms with Crippen molar-refractivity contribution in [2.45, 2.75) is 51.8 Å². The van der Waals surface area contributed by atoms with Gasteiger partial charge in [-0.2, -0.15) is 13.2 Å². The lowest BCUT2D eigenvalue weighted by Crippen LogP contribution is -2.34. The minimum absolute atomic E-state index is 0.106. The number of rotatable bonds is 1. The predicted octanol–water partition coefficient (Wildman–Crippen LogP) is 4.95. The molecule has 1 unspecified atom stereocenters. The van der Waals surface area contributed by atoms with E-state index in [-0.39, 0.29) is 12.0 Å². The van der Waals surface area contributed by atoms with Crippen molar-refractivity contribution in [3.05, 3.63) is 29.3 Å². The Kier molecular flexibility index (Phi) is 4.68. The second-order valence-electron chi connectivity index (χ2n) is 5.90. The van der Waals surface area contributed by atoms with Gasteiger partial charge in [-0.05, 0) is 50.3 Å². The molecular weight excluding hydrogens is 295 g/mol. The number of carbonyl (C=O) groups is 1. The highest BCUT2D eigenvalue weighted by molar-refractivity contribution is 5.89. The summed E-state index contributed by atoms with van der Waals surface area (Å²) >= 11 is 0. The van der Waals surface area contributed by atoms with Gasteiger partial charge in [0.15, 0.2) is 0 Å². The number of fused-ring (bicyclic) bond motifs is 1. The van der Waals surface area contributed by atoms with Gasteiger partial charge in [-0.3, -0.25) is 4.90 Å². The fraction of sp³-hybridized carbons (Fsp3) is 0.562. The SMILES string of the molecule is CC(C)OC(=O)N1CCCC(C)c2ccc(C(F)(F)F)cc21. The summed E-state index contributed by atoms with van der Waals surface area (Å²) in [7, 11) is 0. The average Bonchev–Trinajstić information content (AvgIpc) is 2.56. The van der Waals surface area contributed by atoms with Gasteiger partial charge < -0.3 is 4.74 Å². The summed E-state index contributed by atoms with van der Waals surface area (Å²) in [4.78, 5) is 13.5. The van der Waals surface area contributed by atoms with Crippen LogP contribution in [0.4, 0.5) is 23.7 Å². The molecule has 1 atom stereocenters. The number of alkyl halides is 3. The molecule has 1 aromatic carbocycles. The molecule has 1 aliphatic rings. The monoisotopic (exact) mass is 315 g/mol. The van der Waals surface area contributed by atoms with Gasteiger partial charge in [0.25, 0.3) is 0 Å². The first-order valence-corrected chi connectivity index (χ1v) is 7.39. The maximum Gasteiger partial charge on any atom is 0.416 e. The second-order valence-corrected chi connectivity index (χ2v) is 5.90. The van der Waals surface area contributed by atoms with Crippen LogP contribution in [0.5, 0.6) is 0 Å². The van der Waals surface area contributed by atoms with Crippen molar-refractivity contribution in [1.29, 1.82) is 0 Å². The lowest BCUT2D eigenvalue weighted by Gasteiger charge is -2.25. The zero-order valence-electron chi connectivity index (χ0n) is 12.9. The Morgan fingerprint density at radius 1 is 1.36 bits per heavy atom. The van der Waals surface area contributed by atoms with E-state index in [1.807, 2.05) is 6.92 Å². The number of halogens is 3. The Hall–Kier alpha value is -1.72. The molecule has 0 saturated carbocycles. The Labute approximate surface area is 128 Å². The minimum Gasteiger partial charge on any atom is -0.446 e. The highest BCUT2D eigenvalue weighted by Gasteiger charge is 2.34. The molecule has 1 amide bonds. The van der Waals surface area contributed by atoms with Crippen molar-refractivity contribution in [3.8, 4) is 0 Å². The third kappa shape index (κ3) is 3.54. The van der Waals surface area contributed by atoms with Gasteiger partial charge in [-0.1, -0.05) is 13.0 Å². The summed E-state index contributed by atoms with van der Waals surface area (Å²) in [5.74, 6) is 0.106. The zero-order chi connectivity index (χ0) is 16.5. The quantitative estimate of drug-likeness (QED) is 0.733. The van der Waals surface area contributed by atoms with Crippen molar-refractivity contribution in [2.24, 2.45) is 0 Å². The molecule has 0 bridgehead atoms. The van der Waals surface area contributed by atoms with E-state index in [1.54, 1.807) is 13.8 Å². The van der Waals surface area contributed by atoms with Crippen molar-refractivity contribution in [3.63, 3.8) is 0 Å². The van der Waals surface area contributed by atoms with Crippen molar-refractivity contribution in [2.75, 3.05) is 11.4 Å². The Morgan fingerprint density at radius 3 is 2.64 bits per heavy atom. The Bertz CT molecular complexity index is 555. The second kappa shape index (κ2) is 6.18. The molecule has 0 fully saturated rings. The largest absolute Gasteiger partial charge is 0.446 e. The molecule has 1 aromatic rings. The number of carbonyl (C=O) groups excluding carboxylic acids is 1. The third-order valence-corrected chi connectivity index (χ3v) is 3.76. The number of ether oxygens (including phenoxy) is 1. The van der Waals surface area contributed by atoms with Crippen LogP contribution in [-0.4, -0.2) is 18.7 Å². The van der Waals surface area contributed by atoms with Crippen LogP contribution in [0.2, 0.25) is 0 Å². The standard InChI is InChI=1S/C16H20F3NO2/c1-10(2)22-15(21)20-8-4-5-11(3)13-7-6-12(9-14(13)20)16(17,18)19/h6-7,9-11H,4-5,8H2,1-3H3. The molecule has 6 heteroatoms. The van der Waals surface area contributed by atoms with Crippen LogP contribution in [0.1, 0.15) is 50.7 Å². The average molecular weight is 315 g/mol. The van der Waals surface area contributed by atoms with Crippen LogP contribution < -0.4 is 4.90 Å². The third-order valence-electron chi connectivity index (χ3n) is 3.76. The number of nitrogens with zero attached hydrogens (tertiary/aromatic N) is 1. The molecule has 0 radical (unpaired) electrons. The van der Waals surface area contributed by atoms with Gasteiger partial charge in [0.05, 0.1) is 17.4 Å². The number of benzene rings is 1. The van der Waals surface area contributed by atoms with E-state index in [2.05, 4.69) is 0 Å². The van der Waals surface area contributed by atoms with E-state index < -0.39 is 17.8 Å². The van der Waals surface area contributed by atoms with Gasteiger partial charge in [0.1, 0.15) is 0 Å². The first-order chi connectivity index (χ1) is 10.2. The molecule has 2 rings (SSSR count). The number of hydrogen-bond acceptors (Lipinski definition) is 2. The summed E-state index contributed by atoms with van der Waals surface area (Å²) < 4.78 is 44.0. The van der Waals surface area contributed by atoms with Crippen molar-refractivity contribution < 1.29 is 22.7 Å². The van der Waals surface area contributed by atoms with Gasteiger partial charge in [-0.15, -0.1) is 0 Å². The fourth-order valence-corrected chi connectivity index (χ4v) is 2.66. The molecule has 0 aliphatic carbocycles. The zero-order valence-corrected chi connectivity index (χ0v) is 12.9. The summed E-state index contributed by atoms with van der Waals surface area (Å²) in [5, 5.41) is 0. The van der Waals surface area contributed by atoms with E-state index in [4.69, 9.17) is 4.74 Å². The van der Waals surface area contributed by atoms with Crippen molar-refractivity contribution >= 4 is 11.8 Å². The number of anilines is 1. The lowest BCUT2D eigenvalue weighted by atomic mass is 9.95. The first kappa shape index (κ1) is 16.6. The van der Waals surface area contributed by atoms with Crippen LogP contribution >= 0.6 is 0 Å². The Balaban J connectivity index is 2.47. The van der Waals surface area contributed by atoms with Gasteiger partial charge in [0, 0.05) is 6.54 Å². The molecule has 1 aliphatic heterocycles. The van der Waals surface area contributed by atoms with E-state index >= 15 is 0 Å². The number of amides is 1. The topological polar surface area (TPSA) is 29.5 Å². The highest BCUT2D eigenvalue weighted by Crippen LogP contribution is 2.39. The minimum atomic E-state index is -4.43. The van der Waals surface area contributed by atoms with Gasteiger partial charge >= 0.3 is 12.3 Å². The Morgan fingerprint density at radius 2 is 2.05 bits per heavy atom. The van der Waals surface area contributed by atoms with Gasteiger partial charge in [-0.25, -0.2) is 4.79 Å². The maximum absolute atomic E-state index is 13.0. The summed E-state index contributed by atoms with van der Waals surface area (Å²) in [6.07, 6.45) is -3.79. The molecule has 0 saturated heterocycles. The van der Waals surface area contributed by atoms with E-state index in [0.717, 1.165) is 30.5 Å². The van der Waals surface area contributed by atoms with Crippen LogP contribution in [0.3, 0.4) is 0 Å². The summed E-state index contributed by atoms with van der Waals surface area (Å²) in [5.41, 5.74) is 0.319. The smallest absolute Gasteiger partial charge is 0.416 e. The van der Waals surface area contributed by atoms with Crippen molar-refractivity contribution in [1.82, 2.24) is 0 Å². The fourth-order valence-electron chi connectivity index (χ4n) is 2.66. The molecule has 1 heterocycles. The van der Waals surface area contributed by atoms with E-state index in [1.165, 1.54) is 11.0 Å². The molecule has 0 spiro atoms. The normalized spacial score (nSPS) is 18.9. The van der Waals surface area contributed by atoms with Crippen LogP contribution in [0.15, 0.2) is 18.2 Å². The van der Waals surface area contributed by atoms with E-state index in [0.29, 0.717) is 12.2 Å². The van der Waals surface area contributed by atoms with Gasteiger partial charge in [0.2, 0.25) is 0 Å².